The van der Waals surface area contributed by atoms with Gasteiger partial charge in [-0.15, -0.1) is 0 Å². The van der Waals surface area contributed by atoms with E-state index in [-0.39, 0.29) is 12.8 Å². The molecule has 0 aromatic carbocycles. The van der Waals surface area contributed by atoms with Crippen molar-refractivity contribution in [1.82, 2.24) is 0 Å². The molecule has 1 heterocycles. The lowest BCUT2D eigenvalue weighted by molar-refractivity contribution is -0.311. The second kappa shape index (κ2) is 26.7. The van der Waals surface area contributed by atoms with Crippen LogP contribution in [0.1, 0.15) is 142 Å². The van der Waals surface area contributed by atoms with E-state index in [2.05, 4.69) is 13.8 Å². The third-order valence-electron chi connectivity index (χ3n) is 8.36. The van der Waals surface area contributed by atoms with Crippen molar-refractivity contribution in [1.29, 1.82) is 0 Å². The van der Waals surface area contributed by atoms with Crippen LogP contribution in [0, 0.1) is 0 Å². The highest BCUT2D eigenvalue weighted by atomic mass is 16.7. The van der Waals surface area contributed by atoms with Gasteiger partial charge in [-0.05, 0) is 12.8 Å². The summed E-state index contributed by atoms with van der Waals surface area (Å²) < 4.78 is 22.6. The monoisotopic (exact) mass is 648 g/mol. The molecule has 1 fully saturated rings. The number of carbonyl (C=O) groups excluding carboxylic acids is 2. The van der Waals surface area contributed by atoms with Gasteiger partial charge in [-0.25, -0.2) is 0 Å². The highest BCUT2D eigenvalue weighted by molar-refractivity contribution is 5.70. The summed E-state index contributed by atoms with van der Waals surface area (Å²) in [4.78, 5) is 25.7. The molecular formula is C34H64O11. The van der Waals surface area contributed by atoms with Gasteiger partial charge in [0.05, 0.1) is 19.8 Å². The van der Waals surface area contributed by atoms with Crippen LogP contribution in [0.4, 0.5) is 0 Å². The molecule has 0 radical (unpaired) electrons. The molecule has 1 rings (SSSR count). The summed E-state index contributed by atoms with van der Waals surface area (Å²) >= 11 is 0. The Labute approximate surface area is 271 Å². The Bertz CT molecular complexity index is 737. The van der Waals surface area contributed by atoms with E-state index in [0.29, 0.717) is 12.8 Å². The molecule has 266 valence electrons. The van der Waals surface area contributed by atoms with E-state index in [0.717, 1.165) is 38.5 Å². The summed E-state index contributed by atoms with van der Waals surface area (Å²) in [5.41, 5.74) is 0. The third-order valence-corrected chi connectivity index (χ3v) is 8.36. The first-order valence-corrected chi connectivity index (χ1v) is 17.7. The Balaban J connectivity index is 2.75. The van der Waals surface area contributed by atoms with Crippen LogP contribution in [-0.4, -0.2) is 100 Å². The van der Waals surface area contributed by atoms with Gasteiger partial charge in [-0.3, -0.25) is 9.59 Å². The van der Waals surface area contributed by atoms with Gasteiger partial charge in [-0.1, -0.05) is 117 Å². The fourth-order valence-electron chi connectivity index (χ4n) is 5.44. The average Bonchev–Trinajstić information content (AvgIpc) is 3.03. The van der Waals surface area contributed by atoms with Gasteiger partial charge in [0.15, 0.2) is 18.5 Å². The Morgan fingerprint density at radius 2 is 1.07 bits per heavy atom. The van der Waals surface area contributed by atoms with Crippen molar-refractivity contribution in [3.63, 3.8) is 0 Å². The van der Waals surface area contributed by atoms with Crippen LogP contribution in [-0.2, 0) is 28.5 Å². The molecule has 0 aliphatic carbocycles. The van der Waals surface area contributed by atoms with Crippen LogP contribution in [0.2, 0.25) is 0 Å². The Morgan fingerprint density at radius 1 is 0.644 bits per heavy atom. The maximum Gasteiger partial charge on any atom is 0.306 e. The minimum absolute atomic E-state index is 0.115. The number of esters is 2. The molecule has 11 heteroatoms. The molecule has 7 atom stereocenters. The lowest BCUT2D eigenvalue weighted by Gasteiger charge is -2.43. The molecular weight excluding hydrogens is 584 g/mol. The van der Waals surface area contributed by atoms with Crippen LogP contribution < -0.4 is 0 Å². The predicted molar refractivity (Wildman–Crippen MR) is 170 cm³/mol. The van der Waals surface area contributed by atoms with Crippen LogP contribution in [0.25, 0.3) is 0 Å². The smallest absolute Gasteiger partial charge is 0.306 e. The first-order chi connectivity index (χ1) is 21.8. The van der Waals surface area contributed by atoms with Crippen LogP contribution in [0.3, 0.4) is 0 Å². The minimum Gasteiger partial charge on any atom is -0.455 e. The molecule has 11 nitrogen and oxygen atoms in total. The molecule has 0 spiro atoms. The summed E-state index contributed by atoms with van der Waals surface area (Å²) in [6.45, 7) is 2.54. The van der Waals surface area contributed by atoms with E-state index < -0.39 is 74.7 Å². The number of aliphatic hydroxyl groups is 5. The quantitative estimate of drug-likeness (QED) is 0.0599. The van der Waals surface area contributed by atoms with Gasteiger partial charge in [0.2, 0.25) is 0 Å². The molecule has 1 aliphatic heterocycles. The lowest BCUT2D eigenvalue weighted by Crippen LogP contribution is -2.62. The summed E-state index contributed by atoms with van der Waals surface area (Å²) in [6, 6.07) is 0. The molecule has 0 unspecified atom stereocenters. The van der Waals surface area contributed by atoms with Crippen molar-refractivity contribution in [3.05, 3.63) is 0 Å². The maximum absolute atomic E-state index is 12.9. The Hall–Kier alpha value is -1.34. The topological polar surface area (TPSA) is 172 Å². The Kier molecular flexibility index (Phi) is 24.7. The van der Waals surface area contributed by atoms with Gasteiger partial charge in [-0.2, -0.15) is 0 Å². The van der Waals surface area contributed by atoms with Crippen molar-refractivity contribution < 1.29 is 54.1 Å². The summed E-state index contributed by atoms with van der Waals surface area (Å²) in [5, 5.41) is 49.7. The van der Waals surface area contributed by atoms with Crippen molar-refractivity contribution in [2.24, 2.45) is 0 Å². The first-order valence-electron chi connectivity index (χ1n) is 17.7. The number of rotatable bonds is 28. The molecule has 0 bridgehead atoms. The molecule has 5 N–H and O–H groups in total. The highest BCUT2D eigenvalue weighted by Crippen LogP contribution is 2.28. The van der Waals surface area contributed by atoms with Gasteiger partial charge in [0.1, 0.15) is 24.4 Å². The van der Waals surface area contributed by atoms with Crippen molar-refractivity contribution >= 4 is 11.9 Å². The standard InChI is InChI=1S/C34H64O11/c1-3-5-7-9-11-13-15-17-19-21-29(39)44-32-31(41)28(24-36)43-34(42-25-27(38)26(37)23-35)33(32)45-30(40)22-20-18-16-14-12-10-8-6-4-2/h26-28,31-38,41H,3-25H2,1-2H3/t26-,27-,28-,31-,32+,33+,34-/m1/s1. The number of ether oxygens (including phenoxy) is 4. The largest absolute Gasteiger partial charge is 0.455 e. The zero-order chi connectivity index (χ0) is 33.3. The SMILES string of the molecule is CCCCCCCCCCCC(=O)O[C@@H]1[C@H](OC[C@@H](O)[C@H](O)CO)O[C@H](CO)[C@@H](O)[C@@H]1OC(=O)CCCCCCCCCCC. The van der Waals surface area contributed by atoms with Crippen LogP contribution >= 0.6 is 0 Å². The van der Waals surface area contributed by atoms with Gasteiger partial charge < -0.3 is 44.5 Å². The van der Waals surface area contributed by atoms with Gasteiger partial charge in [0.25, 0.3) is 0 Å². The summed E-state index contributed by atoms with van der Waals surface area (Å²) in [7, 11) is 0. The number of aliphatic hydroxyl groups excluding tert-OH is 5. The zero-order valence-corrected chi connectivity index (χ0v) is 28.0. The van der Waals surface area contributed by atoms with Crippen molar-refractivity contribution in [2.45, 2.75) is 185 Å². The summed E-state index contributed by atoms with van der Waals surface area (Å²) in [6.07, 6.45) is 9.84. The third kappa shape index (κ3) is 18.6. The Morgan fingerprint density at radius 3 is 1.49 bits per heavy atom. The second-order valence-electron chi connectivity index (χ2n) is 12.4. The highest BCUT2D eigenvalue weighted by Gasteiger charge is 2.50. The number of carbonyl (C=O) groups is 2. The maximum atomic E-state index is 12.9. The van der Waals surface area contributed by atoms with Gasteiger partial charge in [0, 0.05) is 12.8 Å². The number of hydrogen-bond acceptors (Lipinski definition) is 11. The zero-order valence-electron chi connectivity index (χ0n) is 28.0. The van der Waals surface area contributed by atoms with Gasteiger partial charge >= 0.3 is 11.9 Å². The lowest BCUT2D eigenvalue weighted by atomic mass is 9.98. The molecule has 45 heavy (non-hydrogen) atoms. The number of hydrogen-bond donors (Lipinski definition) is 5. The molecule has 1 saturated heterocycles. The molecule has 0 aromatic heterocycles. The summed E-state index contributed by atoms with van der Waals surface area (Å²) in [5.74, 6) is -1.15. The molecule has 1 aliphatic rings. The van der Waals surface area contributed by atoms with Crippen molar-refractivity contribution in [2.75, 3.05) is 19.8 Å². The van der Waals surface area contributed by atoms with E-state index in [1.165, 1.54) is 64.2 Å². The first kappa shape index (κ1) is 41.7. The van der Waals surface area contributed by atoms with E-state index in [4.69, 9.17) is 24.1 Å². The molecule has 0 amide bonds. The van der Waals surface area contributed by atoms with Crippen molar-refractivity contribution in [3.8, 4) is 0 Å². The van der Waals surface area contributed by atoms with E-state index in [9.17, 15) is 30.0 Å². The minimum atomic E-state index is -1.50. The average molecular weight is 649 g/mol. The fourth-order valence-corrected chi connectivity index (χ4v) is 5.44. The van der Waals surface area contributed by atoms with Crippen LogP contribution in [0.15, 0.2) is 0 Å². The molecule has 0 aromatic rings. The van der Waals surface area contributed by atoms with E-state index in [1.54, 1.807) is 0 Å². The molecule has 0 saturated carbocycles. The second-order valence-corrected chi connectivity index (χ2v) is 12.4. The predicted octanol–water partition coefficient (Wildman–Crippen LogP) is 4.46. The van der Waals surface area contributed by atoms with E-state index in [1.807, 2.05) is 0 Å². The van der Waals surface area contributed by atoms with Crippen LogP contribution in [0.5, 0.6) is 0 Å². The normalized spacial score (nSPS) is 23.0. The number of unbranched alkanes of at least 4 members (excludes halogenated alkanes) is 16. The van der Waals surface area contributed by atoms with E-state index >= 15 is 0 Å². The fraction of sp³-hybridized carbons (Fsp3) is 0.941.